The Hall–Kier alpha value is -2.94. The van der Waals surface area contributed by atoms with Crippen molar-refractivity contribution in [2.45, 2.75) is 10.9 Å². The first-order chi connectivity index (χ1) is 15.6. The average Bonchev–Trinajstić information content (AvgIpc) is 2.80. The fraction of sp³-hybridized carbons (Fsp3) is 0.208. The van der Waals surface area contributed by atoms with Crippen LogP contribution in [0.15, 0.2) is 77.7 Å². The lowest BCUT2D eigenvalue weighted by Crippen LogP contribution is -2.35. The van der Waals surface area contributed by atoms with E-state index in [1.165, 1.54) is 43.4 Å². The number of benzene rings is 3. The highest BCUT2D eigenvalue weighted by molar-refractivity contribution is 7.92. The van der Waals surface area contributed by atoms with E-state index in [2.05, 4.69) is 5.32 Å². The molecule has 6 nitrogen and oxygen atoms in total. The molecule has 0 saturated carbocycles. The van der Waals surface area contributed by atoms with Crippen LogP contribution < -0.4 is 9.62 Å². The summed E-state index contributed by atoms with van der Waals surface area (Å²) in [6, 6.07) is 18.4. The van der Waals surface area contributed by atoms with Gasteiger partial charge in [-0.1, -0.05) is 41.9 Å². The summed E-state index contributed by atoms with van der Waals surface area (Å²) in [5.74, 6) is -0.943. The van der Waals surface area contributed by atoms with Crippen LogP contribution in [-0.2, 0) is 10.0 Å². The van der Waals surface area contributed by atoms with Gasteiger partial charge in [0.15, 0.2) is 0 Å². The number of likely N-dealkylation sites (N-methyl/N-ethyl adjacent to an activating group) is 1. The van der Waals surface area contributed by atoms with E-state index in [4.69, 9.17) is 11.6 Å². The first-order valence-electron chi connectivity index (χ1n) is 10.2. The zero-order valence-corrected chi connectivity index (χ0v) is 20.1. The molecule has 3 aromatic rings. The van der Waals surface area contributed by atoms with Crippen molar-refractivity contribution in [3.8, 4) is 0 Å². The van der Waals surface area contributed by atoms with Gasteiger partial charge >= 0.3 is 0 Å². The van der Waals surface area contributed by atoms with Crippen LogP contribution in [0.25, 0.3) is 0 Å². The highest BCUT2D eigenvalue weighted by Crippen LogP contribution is 2.28. The summed E-state index contributed by atoms with van der Waals surface area (Å²) in [6.07, 6.45) is 0. The first kappa shape index (κ1) is 24.7. The Bertz CT molecular complexity index is 1220. The fourth-order valence-corrected chi connectivity index (χ4v) is 4.93. The molecule has 9 heteroatoms. The monoisotopic (exact) mass is 489 g/mol. The molecule has 1 atom stereocenters. The van der Waals surface area contributed by atoms with Gasteiger partial charge < -0.3 is 10.2 Å². The number of para-hydroxylation sites is 1. The molecule has 0 aliphatic heterocycles. The second kappa shape index (κ2) is 10.3. The van der Waals surface area contributed by atoms with E-state index in [0.29, 0.717) is 5.69 Å². The quantitative estimate of drug-likeness (QED) is 0.511. The zero-order chi connectivity index (χ0) is 24.2. The van der Waals surface area contributed by atoms with Crippen molar-refractivity contribution in [1.29, 1.82) is 0 Å². The molecule has 0 aromatic heterocycles. The summed E-state index contributed by atoms with van der Waals surface area (Å²) in [6.45, 7) is 0.0768. The standard InChI is InChI=1S/C24H25ClFN3O3S/c1-28(2)22(23-20(25)13-8-14-21(23)26)16-27-24(30)17-9-7-12-19(15-17)33(31,32)29(3)18-10-5-4-6-11-18/h4-15,22H,16H2,1-3H3,(H,27,30). The average molecular weight is 490 g/mol. The normalized spacial score (nSPS) is 12.4. The number of sulfonamides is 1. The Morgan fingerprint density at radius 2 is 1.67 bits per heavy atom. The molecule has 0 bridgehead atoms. The molecule has 0 fully saturated rings. The van der Waals surface area contributed by atoms with E-state index in [0.717, 1.165) is 4.31 Å². The van der Waals surface area contributed by atoms with Crippen LogP contribution in [0.2, 0.25) is 5.02 Å². The number of amides is 1. The molecule has 0 aliphatic carbocycles. The van der Waals surface area contributed by atoms with E-state index < -0.39 is 27.8 Å². The van der Waals surface area contributed by atoms with Gasteiger partial charge in [-0.3, -0.25) is 9.10 Å². The molecule has 0 spiro atoms. The Balaban J connectivity index is 1.81. The van der Waals surface area contributed by atoms with Crippen molar-refractivity contribution in [3.63, 3.8) is 0 Å². The van der Waals surface area contributed by atoms with Crippen molar-refractivity contribution >= 4 is 33.2 Å². The van der Waals surface area contributed by atoms with Gasteiger partial charge in [0.1, 0.15) is 5.82 Å². The van der Waals surface area contributed by atoms with Crippen molar-refractivity contribution < 1.29 is 17.6 Å². The van der Waals surface area contributed by atoms with Crippen molar-refractivity contribution in [3.05, 3.63) is 94.8 Å². The Kier molecular flexibility index (Phi) is 7.73. The number of rotatable bonds is 8. The summed E-state index contributed by atoms with van der Waals surface area (Å²) in [5, 5.41) is 3.02. The summed E-state index contributed by atoms with van der Waals surface area (Å²) in [7, 11) is 1.10. The van der Waals surface area contributed by atoms with Crippen LogP contribution in [0.5, 0.6) is 0 Å². The Morgan fingerprint density at radius 3 is 2.30 bits per heavy atom. The maximum Gasteiger partial charge on any atom is 0.264 e. The Morgan fingerprint density at radius 1 is 1.00 bits per heavy atom. The van der Waals surface area contributed by atoms with Crippen LogP contribution in [-0.4, -0.2) is 46.9 Å². The van der Waals surface area contributed by atoms with E-state index in [-0.39, 0.29) is 27.6 Å². The van der Waals surface area contributed by atoms with E-state index in [1.54, 1.807) is 55.4 Å². The maximum absolute atomic E-state index is 14.4. The van der Waals surface area contributed by atoms with E-state index >= 15 is 0 Å². The van der Waals surface area contributed by atoms with Crippen LogP contribution >= 0.6 is 11.6 Å². The SMILES string of the molecule is CN(C)C(CNC(=O)c1cccc(S(=O)(=O)N(C)c2ccccc2)c1)c1c(F)cccc1Cl. The summed E-state index contributed by atoms with van der Waals surface area (Å²) >= 11 is 6.20. The number of halogens is 2. The third-order valence-electron chi connectivity index (χ3n) is 5.29. The maximum atomic E-state index is 14.4. The van der Waals surface area contributed by atoms with Crippen molar-refractivity contribution in [2.75, 3.05) is 32.0 Å². The summed E-state index contributed by atoms with van der Waals surface area (Å²) < 4.78 is 41.7. The molecule has 1 unspecified atom stereocenters. The molecule has 0 radical (unpaired) electrons. The number of hydrogen-bond acceptors (Lipinski definition) is 4. The van der Waals surface area contributed by atoms with Crippen LogP contribution in [0.4, 0.5) is 10.1 Å². The van der Waals surface area contributed by atoms with Gasteiger partial charge in [-0.25, -0.2) is 12.8 Å². The fourth-order valence-electron chi connectivity index (χ4n) is 3.40. The molecular formula is C24H25ClFN3O3S. The van der Waals surface area contributed by atoms with Crippen molar-refractivity contribution in [2.24, 2.45) is 0 Å². The molecule has 174 valence electrons. The highest BCUT2D eigenvalue weighted by atomic mass is 35.5. The molecule has 0 heterocycles. The molecule has 0 saturated heterocycles. The van der Waals surface area contributed by atoms with Gasteiger partial charge in [-0.2, -0.15) is 0 Å². The van der Waals surface area contributed by atoms with E-state index in [1.807, 2.05) is 0 Å². The lowest BCUT2D eigenvalue weighted by Gasteiger charge is -2.26. The smallest absolute Gasteiger partial charge is 0.264 e. The topological polar surface area (TPSA) is 69.7 Å². The predicted octanol–water partition coefficient (Wildman–Crippen LogP) is 4.34. The first-order valence-corrected chi connectivity index (χ1v) is 12.0. The van der Waals surface area contributed by atoms with E-state index in [9.17, 15) is 17.6 Å². The number of carbonyl (C=O) groups is 1. The van der Waals surface area contributed by atoms with Gasteiger partial charge in [-0.05, 0) is 56.6 Å². The minimum atomic E-state index is -3.87. The molecule has 3 aromatic carbocycles. The van der Waals surface area contributed by atoms with Crippen molar-refractivity contribution in [1.82, 2.24) is 10.2 Å². The Labute approximate surface area is 198 Å². The largest absolute Gasteiger partial charge is 0.350 e. The highest BCUT2D eigenvalue weighted by Gasteiger charge is 2.24. The number of anilines is 1. The molecule has 33 heavy (non-hydrogen) atoms. The predicted molar refractivity (Wildman–Crippen MR) is 129 cm³/mol. The van der Waals surface area contributed by atoms with Crippen LogP contribution in [0, 0.1) is 5.82 Å². The van der Waals surface area contributed by atoms with Gasteiger partial charge in [-0.15, -0.1) is 0 Å². The van der Waals surface area contributed by atoms with Crippen LogP contribution in [0.3, 0.4) is 0 Å². The molecule has 3 rings (SSSR count). The third-order valence-corrected chi connectivity index (χ3v) is 7.40. The lowest BCUT2D eigenvalue weighted by atomic mass is 10.0. The molecule has 1 N–H and O–H groups in total. The zero-order valence-electron chi connectivity index (χ0n) is 18.5. The number of carbonyl (C=O) groups excluding carboxylic acids is 1. The summed E-state index contributed by atoms with van der Waals surface area (Å²) in [4.78, 5) is 14.6. The van der Waals surface area contributed by atoms with Gasteiger partial charge in [0.05, 0.1) is 16.6 Å². The number of nitrogens with one attached hydrogen (secondary N) is 1. The lowest BCUT2D eigenvalue weighted by molar-refractivity contribution is 0.0941. The second-order valence-corrected chi connectivity index (χ2v) is 10.0. The van der Waals surface area contributed by atoms with Gasteiger partial charge in [0.25, 0.3) is 15.9 Å². The molecule has 0 aliphatic rings. The minimum Gasteiger partial charge on any atom is -0.350 e. The van der Waals surface area contributed by atoms with Crippen LogP contribution in [0.1, 0.15) is 22.0 Å². The van der Waals surface area contributed by atoms with Gasteiger partial charge in [0.2, 0.25) is 0 Å². The number of hydrogen-bond donors (Lipinski definition) is 1. The third kappa shape index (κ3) is 5.52. The summed E-state index contributed by atoms with van der Waals surface area (Å²) in [5.41, 5.74) is 0.961. The molecule has 1 amide bonds. The molecular weight excluding hydrogens is 465 g/mol. The second-order valence-electron chi connectivity index (χ2n) is 7.66. The van der Waals surface area contributed by atoms with Gasteiger partial charge in [0, 0.05) is 29.7 Å². The number of nitrogens with zero attached hydrogens (tertiary/aromatic N) is 2. The minimum absolute atomic E-state index is 0.0113.